The molecule has 1 atom stereocenters. The zero-order valence-corrected chi connectivity index (χ0v) is 5.77. The molecule has 1 nitrogen and oxygen atoms in total. The highest BCUT2D eigenvalue weighted by molar-refractivity contribution is 7.78. The van der Waals surface area contributed by atoms with Crippen molar-refractivity contribution in [1.82, 2.24) is 0 Å². The highest BCUT2D eigenvalue weighted by Gasteiger charge is 1.98. The summed E-state index contributed by atoms with van der Waals surface area (Å²) in [5.41, 5.74) is 0. The Balaban J connectivity index is 2.55. The fraction of sp³-hybridized carbons (Fsp3) is 0.286. The van der Waals surface area contributed by atoms with Crippen molar-refractivity contribution in [3.8, 4) is 0 Å². The molecular formula is C7H7NS. The molecule has 0 radical (unpaired) electrons. The summed E-state index contributed by atoms with van der Waals surface area (Å²) in [6.07, 6.45) is 9.03. The Labute approximate surface area is 59.8 Å². The summed E-state index contributed by atoms with van der Waals surface area (Å²) in [4.78, 5) is 3.91. The van der Waals surface area contributed by atoms with Gasteiger partial charge in [0, 0.05) is 0 Å². The number of hydrogen-bond acceptors (Lipinski definition) is 2. The molecule has 0 saturated carbocycles. The third-order valence-electron chi connectivity index (χ3n) is 1.18. The fourth-order valence-corrected chi connectivity index (χ4v) is 0.866. The zero-order chi connectivity index (χ0) is 6.53. The van der Waals surface area contributed by atoms with Gasteiger partial charge in [0.2, 0.25) is 0 Å². The maximum atomic E-state index is 4.46. The Hall–Kier alpha value is -0.720. The molecule has 0 aromatic carbocycles. The normalized spacial score (nSPS) is 23.3. The van der Waals surface area contributed by atoms with Gasteiger partial charge in [-0.25, -0.2) is 4.99 Å². The van der Waals surface area contributed by atoms with Crippen molar-refractivity contribution in [2.24, 2.45) is 4.99 Å². The van der Waals surface area contributed by atoms with E-state index in [4.69, 9.17) is 0 Å². The predicted octanol–water partition coefficient (Wildman–Crippen LogP) is 1.97. The van der Waals surface area contributed by atoms with Crippen molar-refractivity contribution >= 4 is 17.4 Å². The Bertz CT molecular complexity index is 187. The van der Waals surface area contributed by atoms with Crippen LogP contribution >= 0.6 is 12.2 Å². The number of nitrogens with zero attached hydrogens (tertiary/aromatic N) is 1. The highest BCUT2D eigenvalue weighted by Crippen LogP contribution is 2.05. The number of thiocarbonyl (C=S) groups is 1. The minimum atomic E-state index is 0.243. The summed E-state index contributed by atoms with van der Waals surface area (Å²) in [6.45, 7) is 0. The molecule has 1 aliphatic carbocycles. The Kier molecular flexibility index (Phi) is 2.37. The van der Waals surface area contributed by atoms with Gasteiger partial charge in [0.25, 0.3) is 0 Å². The lowest BCUT2D eigenvalue weighted by Gasteiger charge is -2.02. The highest BCUT2D eigenvalue weighted by atomic mass is 32.1. The van der Waals surface area contributed by atoms with Crippen LogP contribution < -0.4 is 0 Å². The summed E-state index contributed by atoms with van der Waals surface area (Å²) in [5.74, 6) is 0. The maximum Gasteiger partial charge on any atom is 0.0820 e. The Morgan fingerprint density at radius 2 is 2.44 bits per heavy atom. The van der Waals surface area contributed by atoms with E-state index in [1.807, 2.05) is 18.2 Å². The Morgan fingerprint density at radius 3 is 3.00 bits per heavy atom. The molecule has 0 spiro atoms. The first-order valence-corrected chi connectivity index (χ1v) is 3.24. The smallest absolute Gasteiger partial charge is 0.0820 e. The summed E-state index contributed by atoms with van der Waals surface area (Å²) in [6, 6.07) is 0.243. The van der Waals surface area contributed by atoms with Gasteiger partial charge in [0.05, 0.1) is 11.2 Å². The summed E-state index contributed by atoms with van der Waals surface area (Å²) in [7, 11) is 0. The molecule has 0 amide bonds. The lowest BCUT2D eigenvalue weighted by Crippen LogP contribution is -1.98. The van der Waals surface area contributed by atoms with Crippen molar-refractivity contribution in [3.05, 3.63) is 24.3 Å². The van der Waals surface area contributed by atoms with Crippen LogP contribution in [0.2, 0.25) is 0 Å². The number of rotatable bonds is 1. The SMILES string of the molecule is S=C=NC1C=CC=CC1. The van der Waals surface area contributed by atoms with E-state index in [2.05, 4.69) is 28.4 Å². The molecule has 0 heterocycles. The molecule has 1 aliphatic rings. The zero-order valence-electron chi connectivity index (χ0n) is 4.95. The quantitative estimate of drug-likeness (QED) is 0.397. The van der Waals surface area contributed by atoms with Crippen LogP contribution in [0.3, 0.4) is 0 Å². The van der Waals surface area contributed by atoms with Crippen LogP contribution in [0.25, 0.3) is 0 Å². The average Bonchev–Trinajstić information content (AvgIpc) is 1.91. The van der Waals surface area contributed by atoms with E-state index < -0.39 is 0 Å². The molecule has 2 heteroatoms. The van der Waals surface area contributed by atoms with E-state index in [1.54, 1.807) is 0 Å². The second kappa shape index (κ2) is 3.33. The number of allylic oxidation sites excluding steroid dienone is 2. The molecular weight excluding hydrogens is 130 g/mol. The largest absolute Gasteiger partial charge is 0.225 e. The first kappa shape index (κ1) is 6.40. The Morgan fingerprint density at radius 1 is 1.56 bits per heavy atom. The van der Waals surface area contributed by atoms with Gasteiger partial charge < -0.3 is 0 Å². The summed E-state index contributed by atoms with van der Waals surface area (Å²) < 4.78 is 0. The third kappa shape index (κ3) is 1.92. The maximum absolute atomic E-state index is 4.46. The van der Waals surface area contributed by atoms with E-state index in [0.717, 1.165) is 6.42 Å². The van der Waals surface area contributed by atoms with Crippen molar-refractivity contribution in [3.63, 3.8) is 0 Å². The van der Waals surface area contributed by atoms with Crippen LogP contribution in [0.15, 0.2) is 29.3 Å². The van der Waals surface area contributed by atoms with Gasteiger partial charge in [0.1, 0.15) is 0 Å². The van der Waals surface area contributed by atoms with E-state index in [9.17, 15) is 0 Å². The van der Waals surface area contributed by atoms with E-state index >= 15 is 0 Å². The first-order chi connectivity index (χ1) is 4.43. The van der Waals surface area contributed by atoms with Crippen LogP contribution in [0.5, 0.6) is 0 Å². The molecule has 0 saturated heterocycles. The molecule has 0 aromatic heterocycles. The third-order valence-corrected chi connectivity index (χ3v) is 1.28. The first-order valence-electron chi connectivity index (χ1n) is 2.84. The summed E-state index contributed by atoms with van der Waals surface area (Å²) in [5, 5.41) is 2.36. The number of isothiocyanates is 1. The summed E-state index contributed by atoms with van der Waals surface area (Å²) >= 11 is 4.46. The second-order valence-corrected chi connectivity index (χ2v) is 2.02. The van der Waals surface area contributed by atoms with Gasteiger partial charge in [-0.15, -0.1) is 0 Å². The molecule has 1 unspecified atom stereocenters. The molecule has 0 aromatic rings. The van der Waals surface area contributed by atoms with Gasteiger partial charge in [-0.2, -0.15) is 0 Å². The molecule has 9 heavy (non-hydrogen) atoms. The molecule has 0 N–H and O–H groups in total. The van der Waals surface area contributed by atoms with Crippen LogP contribution in [0.1, 0.15) is 6.42 Å². The predicted molar refractivity (Wildman–Crippen MR) is 41.7 cm³/mol. The van der Waals surface area contributed by atoms with Crippen molar-refractivity contribution in [1.29, 1.82) is 0 Å². The second-order valence-electron chi connectivity index (χ2n) is 1.84. The number of aliphatic imine (C=N–C) groups is 1. The van der Waals surface area contributed by atoms with Gasteiger partial charge in [-0.1, -0.05) is 24.3 Å². The number of hydrogen-bond donors (Lipinski definition) is 0. The van der Waals surface area contributed by atoms with E-state index in [-0.39, 0.29) is 6.04 Å². The fourth-order valence-electron chi connectivity index (χ4n) is 0.731. The van der Waals surface area contributed by atoms with E-state index in [1.165, 1.54) is 0 Å². The minimum absolute atomic E-state index is 0.243. The van der Waals surface area contributed by atoms with Crippen LogP contribution in [0, 0.1) is 0 Å². The van der Waals surface area contributed by atoms with Crippen LogP contribution in [-0.4, -0.2) is 11.2 Å². The minimum Gasteiger partial charge on any atom is -0.225 e. The van der Waals surface area contributed by atoms with Gasteiger partial charge >= 0.3 is 0 Å². The average molecular weight is 137 g/mol. The van der Waals surface area contributed by atoms with E-state index in [0.29, 0.717) is 0 Å². The van der Waals surface area contributed by atoms with Crippen molar-refractivity contribution in [2.45, 2.75) is 12.5 Å². The molecule has 0 bridgehead atoms. The van der Waals surface area contributed by atoms with Gasteiger partial charge in [0.15, 0.2) is 0 Å². The molecule has 0 aliphatic heterocycles. The lowest BCUT2D eigenvalue weighted by atomic mass is 10.1. The van der Waals surface area contributed by atoms with Crippen LogP contribution in [-0.2, 0) is 0 Å². The lowest BCUT2D eigenvalue weighted by molar-refractivity contribution is 0.834. The van der Waals surface area contributed by atoms with Crippen molar-refractivity contribution in [2.75, 3.05) is 0 Å². The molecule has 0 fully saturated rings. The van der Waals surface area contributed by atoms with Crippen molar-refractivity contribution < 1.29 is 0 Å². The monoisotopic (exact) mass is 137 g/mol. The van der Waals surface area contributed by atoms with Gasteiger partial charge in [-0.3, -0.25) is 0 Å². The molecule has 1 rings (SSSR count). The molecule has 46 valence electrons. The standard InChI is InChI=1S/C7H7NS/c9-6-8-7-4-2-1-3-5-7/h1-4,7H,5H2. The van der Waals surface area contributed by atoms with Crippen LogP contribution in [0.4, 0.5) is 0 Å². The van der Waals surface area contributed by atoms with Gasteiger partial charge in [-0.05, 0) is 18.6 Å². The topological polar surface area (TPSA) is 12.4 Å².